The number of guanidine groups is 2. The highest BCUT2D eigenvalue weighted by Crippen LogP contribution is 2.26. The Kier molecular flexibility index (Phi) is 8.89. The zero-order valence-corrected chi connectivity index (χ0v) is 18.8. The molecular weight excluding hydrogens is 436 g/mol. The summed E-state index contributed by atoms with van der Waals surface area (Å²) in [5.74, 6) is 0.362. The lowest BCUT2D eigenvalue weighted by Gasteiger charge is -2.10. The van der Waals surface area contributed by atoms with Gasteiger partial charge in [0.25, 0.3) is 0 Å². The molecule has 6 N–H and O–H groups in total. The molecule has 0 amide bonds. The van der Waals surface area contributed by atoms with Gasteiger partial charge in [-0.15, -0.1) is 0 Å². The maximum atomic E-state index is 12.8. The van der Waals surface area contributed by atoms with Crippen molar-refractivity contribution in [1.29, 1.82) is 0 Å². The highest BCUT2D eigenvalue weighted by atomic mass is 16.5. The van der Waals surface area contributed by atoms with Gasteiger partial charge in [0.2, 0.25) is 11.8 Å². The molecule has 10 nitrogen and oxygen atoms in total. The van der Waals surface area contributed by atoms with Crippen LogP contribution in [-0.2, 0) is 0 Å². The molecule has 0 aliphatic carbocycles. The molecule has 3 aromatic rings. The molecule has 1 unspecified atom stereocenters. The highest BCUT2D eigenvalue weighted by molar-refractivity contribution is 6.09. The van der Waals surface area contributed by atoms with E-state index in [0.717, 1.165) is 5.56 Å². The zero-order chi connectivity index (χ0) is 24.3. The van der Waals surface area contributed by atoms with Crippen molar-refractivity contribution in [2.24, 2.45) is 15.7 Å². The first kappa shape index (κ1) is 24.6. The van der Waals surface area contributed by atoms with Gasteiger partial charge in [-0.05, 0) is 11.6 Å². The van der Waals surface area contributed by atoms with Crippen LogP contribution < -0.4 is 16.4 Å². The van der Waals surface area contributed by atoms with Crippen LogP contribution in [-0.4, -0.2) is 59.4 Å². The Bertz CT molecular complexity index is 1140. The second kappa shape index (κ2) is 12.3. The normalized spacial score (nSPS) is 12.9. The van der Waals surface area contributed by atoms with E-state index in [0.29, 0.717) is 22.7 Å². The summed E-state index contributed by atoms with van der Waals surface area (Å²) in [6, 6.07) is 18.3. The maximum absolute atomic E-state index is 12.8. The number of aromatic nitrogens is 1. The number of carbonyl (C=O) groups excluding carboxylic acids is 1. The van der Waals surface area contributed by atoms with Crippen LogP contribution in [0.4, 0.5) is 5.88 Å². The predicted molar refractivity (Wildman–Crippen MR) is 130 cm³/mol. The van der Waals surface area contributed by atoms with Crippen LogP contribution >= 0.6 is 0 Å². The molecule has 0 aliphatic rings. The van der Waals surface area contributed by atoms with Gasteiger partial charge in [0, 0.05) is 23.1 Å². The number of carbonyl (C=O) groups is 1. The fourth-order valence-electron chi connectivity index (χ4n) is 3.15. The SMILES string of the molecule is CC(c1cccc(C(=O)c2ccccc2)c1)c1cc(NC(=NCCO)NC(N)=NCCO)on1. The Balaban J connectivity index is 1.74. The average Bonchev–Trinajstić information content (AvgIpc) is 3.34. The number of nitrogens with one attached hydrogen (secondary N) is 2. The molecule has 0 spiro atoms. The summed E-state index contributed by atoms with van der Waals surface area (Å²) in [6.45, 7) is 1.94. The van der Waals surface area contributed by atoms with Crippen molar-refractivity contribution < 1.29 is 19.5 Å². The van der Waals surface area contributed by atoms with Crippen molar-refractivity contribution in [3.05, 3.63) is 83.0 Å². The Morgan fingerprint density at radius 2 is 1.74 bits per heavy atom. The van der Waals surface area contributed by atoms with Crippen molar-refractivity contribution >= 4 is 23.6 Å². The lowest BCUT2D eigenvalue weighted by Crippen LogP contribution is -2.41. The fraction of sp³-hybridized carbons (Fsp3) is 0.250. The van der Waals surface area contributed by atoms with E-state index < -0.39 is 0 Å². The smallest absolute Gasteiger partial charge is 0.231 e. The molecule has 1 heterocycles. The van der Waals surface area contributed by atoms with Crippen LogP contribution in [0.3, 0.4) is 0 Å². The number of nitrogens with zero attached hydrogens (tertiary/aromatic N) is 3. The van der Waals surface area contributed by atoms with E-state index in [1.807, 2.05) is 43.3 Å². The van der Waals surface area contributed by atoms with Gasteiger partial charge < -0.3 is 20.5 Å². The Hall–Kier alpha value is -4.02. The first-order valence-corrected chi connectivity index (χ1v) is 10.8. The van der Waals surface area contributed by atoms with E-state index in [4.69, 9.17) is 20.5 Å². The van der Waals surface area contributed by atoms with E-state index in [1.54, 1.807) is 24.3 Å². The van der Waals surface area contributed by atoms with Gasteiger partial charge in [-0.25, -0.2) is 0 Å². The van der Waals surface area contributed by atoms with Crippen molar-refractivity contribution in [1.82, 2.24) is 10.5 Å². The van der Waals surface area contributed by atoms with Gasteiger partial charge >= 0.3 is 0 Å². The lowest BCUT2D eigenvalue weighted by atomic mass is 9.94. The van der Waals surface area contributed by atoms with E-state index in [9.17, 15) is 4.79 Å². The molecule has 2 aromatic carbocycles. The van der Waals surface area contributed by atoms with Gasteiger partial charge in [-0.1, -0.05) is 60.6 Å². The van der Waals surface area contributed by atoms with E-state index >= 15 is 0 Å². The molecule has 10 heteroatoms. The summed E-state index contributed by atoms with van der Waals surface area (Å²) >= 11 is 0. The predicted octanol–water partition coefficient (Wildman–Crippen LogP) is 1.71. The first-order chi connectivity index (χ1) is 16.5. The van der Waals surface area contributed by atoms with E-state index in [1.165, 1.54) is 0 Å². The topological polar surface area (TPSA) is 158 Å². The maximum Gasteiger partial charge on any atom is 0.231 e. The first-order valence-electron chi connectivity index (χ1n) is 10.8. The molecule has 0 aliphatic heterocycles. The van der Waals surface area contributed by atoms with Gasteiger partial charge in [0.05, 0.1) is 32.0 Å². The largest absolute Gasteiger partial charge is 0.394 e. The number of aliphatic hydroxyl groups excluding tert-OH is 2. The number of anilines is 1. The van der Waals surface area contributed by atoms with Crippen LogP contribution in [0, 0.1) is 0 Å². The van der Waals surface area contributed by atoms with Gasteiger partial charge in [0.1, 0.15) is 0 Å². The number of ketones is 1. The molecule has 1 aromatic heterocycles. The lowest BCUT2D eigenvalue weighted by molar-refractivity contribution is 0.103. The molecule has 0 bridgehead atoms. The minimum Gasteiger partial charge on any atom is -0.394 e. The molecule has 0 radical (unpaired) electrons. The summed E-state index contributed by atoms with van der Waals surface area (Å²) in [4.78, 5) is 20.9. The minimum atomic E-state index is -0.155. The third-order valence-electron chi connectivity index (χ3n) is 4.90. The third-order valence-corrected chi connectivity index (χ3v) is 4.90. The number of aliphatic imine (C=N–C) groups is 2. The van der Waals surface area contributed by atoms with Crippen molar-refractivity contribution in [3.63, 3.8) is 0 Å². The number of benzene rings is 2. The Morgan fingerprint density at radius 1 is 1.03 bits per heavy atom. The highest BCUT2D eigenvalue weighted by Gasteiger charge is 2.17. The van der Waals surface area contributed by atoms with Crippen LogP contribution in [0.2, 0.25) is 0 Å². The molecule has 0 fully saturated rings. The summed E-state index contributed by atoms with van der Waals surface area (Å²) in [5, 5.41) is 27.8. The van der Waals surface area contributed by atoms with Crippen molar-refractivity contribution in [3.8, 4) is 0 Å². The van der Waals surface area contributed by atoms with Gasteiger partial charge in [-0.3, -0.25) is 25.4 Å². The number of aliphatic hydroxyl groups is 2. The van der Waals surface area contributed by atoms with Crippen LogP contribution in [0.5, 0.6) is 0 Å². The second-order valence-corrected chi connectivity index (χ2v) is 7.35. The van der Waals surface area contributed by atoms with Crippen LogP contribution in [0.25, 0.3) is 0 Å². The number of hydrogen-bond acceptors (Lipinski definition) is 7. The summed E-state index contributed by atoms with van der Waals surface area (Å²) in [6.07, 6.45) is 0. The third kappa shape index (κ3) is 6.74. The molecular formula is C24H28N6O4. The fourth-order valence-corrected chi connectivity index (χ4v) is 3.15. The quantitative estimate of drug-likeness (QED) is 0.182. The number of hydrogen-bond donors (Lipinski definition) is 5. The molecule has 178 valence electrons. The molecule has 0 saturated carbocycles. The monoisotopic (exact) mass is 464 g/mol. The van der Waals surface area contributed by atoms with E-state index in [-0.39, 0.29) is 49.9 Å². The standard InChI is InChI=1S/C24H28N6O4/c1-16(18-8-5-9-19(14-18)22(33)17-6-3-2-4-7-17)20-15-21(34-30-20)28-24(27-11-13-32)29-23(25)26-10-12-31/h2-9,14-16,31-32H,10-13H2,1H3,(H4,25,26,27,28,29). The van der Waals surface area contributed by atoms with E-state index in [2.05, 4.69) is 25.8 Å². The second-order valence-electron chi connectivity index (χ2n) is 7.35. The van der Waals surface area contributed by atoms with Gasteiger partial charge in [0.15, 0.2) is 11.7 Å². The molecule has 1 atom stereocenters. The minimum absolute atomic E-state index is 0.0474. The zero-order valence-electron chi connectivity index (χ0n) is 18.8. The van der Waals surface area contributed by atoms with Crippen molar-refractivity contribution in [2.75, 3.05) is 31.6 Å². The number of nitrogens with two attached hydrogens (primary N) is 1. The Labute approximate surface area is 197 Å². The Morgan fingerprint density at radius 3 is 2.47 bits per heavy atom. The summed E-state index contributed by atoms with van der Waals surface area (Å²) < 4.78 is 5.40. The summed E-state index contributed by atoms with van der Waals surface area (Å²) in [7, 11) is 0. The molecule has 3 rings (SSSR count). The average molecular weight is 465 g/mol. The number of rotatable bonds is 9. The summed E-state index contributed by atoms with van der Waals surface area (Å²) in [5.41, 5.74) is 8.55. The van der Waals surface area contributed by atoms with Gasteiger partial charge in [-0.2, -0.15) is 0 Å². The van der Waals surface area contributed by atoms with Crippen LogP contribution in [0.15, 0.2) is 75.2 Å². The molecule has 0 saturated heterocycles. The van der Waals surface area contributed by atoms with Crippen molar-refractivity contribution in [2.45, 2.75) is 12.8 Å². The van der Waals surface area contributed by atoms with Crippen LogP contribution in [0.1, 0.15) is 40.0 Å². The molecule has 34 heavy (non-hydrogen) atoms.